The number of hydrogen-bond donors (Lipinski definition) is 0. The van der Waals surface area contributed by atoms with E-state index in [1.165, 1.54) is 6.26 Å². The average Bonchev–Trinajstić information content (AvgIpc) is 2.28. The molecule has 1 aromatic rings. The first-order valence-electron chi connectivity index (χ1n) is 5.16. The molecule has 0 atom stereocenters. The summed E-state index contributed by atoms with van der Waals surface area (Å²) in [6.45, 7) is 1.28. The summed E-state index contributed by atoms with van der Waals surface area (Å²) in [6.07, 6.45) is 1.19. The van der Waals surface area contributed by atoms with Gasteiger partial charge in [0.15, 0.2) is 9.84 Å². The van der Waals surface area contributed by atoms with Crippen molar-refractivity contribution in [3.05, 3.63) is 24.3 Å². The van der Waals surface area contributed by atoms with Crippen LogP contribution in [0.15, 0.2) is 29.2 Å². The molecule has 6 heteroatoms. The lowest BCUT2D eigenvalue weighted by molar-refractivity contribution is 0.602. The second-order valence-corrected chi connectivity index (χ2v) is 6.41. The Morgan fingerprint density at radius 1 is 1.18 bits per heavy atom. The minimum Gasteiger partial charge on any atom is -0.369 e. The minimum absolute atomic E-state index is 0.309. The molecule has 17 heavy (non-hydrogen) atoms. The van der Waals surface area contributed by atoms with E-state index in [2.05, 4.69) is 0 Å². The Balaban J connectivity index is 3.04. The van der Waals surface area contributed by atoms with Gasteiger partial charge in [0.2, 0.25) is 0 Å². The number of alkyl halides is 2. The highest BCUT2D eigenvalue weighted by Crippen LogP contribution is 2.19. The standard InChI is InChI=1S/C11H15Cl2NO2S/c1-17(15,16)11-4-2-3-10(9-11)14(7-5-12)8-6-13/h2-4,9H,5-8H2,1H3. The Hall–Kier alpha value is -0.450. The molecule has 3 nitrogen and oxygen atoms in total. The van der Waals surface area contributed by atoms with Gasteiger partial charge in [0.05, 0.1) is 4.90 Å². The van der Waals surface area contributed by atoms with Crippen LogP contribution in [0.4, 0.5) is 5.69 Å². The zero-order valence-electron chi connectivity index (χ0n) is 9.57. The maximum atomic E-state index is 11.5. The molecule has 0 spiro atoms. The van der Waals surface area contributed by atoms with E-state index in [9.17, 15) is 8.42 Å². The molecule has 0 aliphatic heterocycles. The molecule has 0 aliphatic rings. The molecule has 0 aromatic heterocycles. The molecular formula is C11H15Cl2NO2S. The quantitative estimate of drug-likeness (QED) is 0.756. The Morgan fingerprint density at radius 2 is 1.76 bits per heavy atom. The number of hydrogen-bond acceptors (Lipinski definition) is 3. The Morgan fingerprint density at radius 3 is 2.24 bits per heavy atom. The summed E-state index contributed by atoms with van der Waals surface area (Å²) in [5.41, 5.74) is 0.828. The number of benzene rings is 1. The smallest absolute Gasteiger partial charge is 0.175 e. The maximum absolute atomic E-state index is 11.5. The fraction of sp³-hybridized carbons (Fsp3) is 0.455. The summed E-state index contributed by atoms with van der Waals surface area (Å²) in [5, 5.41) is 0. The van der Waals surface area contributed by atoms with Crippen LogP contribution in [0.1, 0.15) is 0 Å². The Kier molecular flexibility index (Phi) is 5.56. The molecule has 0 fully saturated rings. The predicted octanol–water partition coefficient (Wildman–Crippen LogP) is 2.37. The number of halogens is 2. The summed E-state index contributed by atoms with van der Waals surface area (Å²) < 4.78 is 22.9. The average molecular weight is 296 g/mol. The summed E-state index contributed by atoms with van der Waals surface area (Å²) in [5.74, 6) is 0.944. The van der Waals surface area contributed by atoms with Crippen LogP contribution >= 0.6 is 23.2 Å². The van der Waals surface area contributed by atoms with Crippen molar-refractivity contribution >= 4 is 38.7 Å². The van der Waals surface area contributed by atoms with Gasteiger partial charge in [-0.05, 0) is 18.2 Å². The van der Waals surface area contributed by atoms with Gasteiger partial charge in [0, 0.05) is 36.8 Å². The highest BCUT2D eigenvalue weighted by Gasteiger charge is 2.10. The van der Waals surface area contributed by atoms with E-state index in [1.54, 1.807) is 18.2 Å². The molecular weight excluding hydrogens is 281 g/mol. The molecule has 0 amide bonds. The molecule has 96 valence electrons. The molecule has 1 rings (SSSR count). The fourth-order valence-corrected chi connectivity index (χ4v) is 2.55. The summed E-state index contributed by atoms with van der Waals surface area (Å²) in [7, 11) is -3.18. The van der Waals surface area contributed by atoms with Gasteiger partial charge < -0.3 is 4.90 Å². The van der Waals surface area contributed by atoms with Crippen molar-refractivity contribution in [1.82, 2.24) is 0 Å². The first-order chi connectivity index (χ1) is 7.99. The molecule has 0 unspecified atom stereocenters. The number of sulfone groups is 1. The zero-order chi connectivity index (χ0) is 12.9. The van der Waals surface area contributed by atoms with Crippen LogP contribution in [0.3, 0.4) is 0 Å². The van der Waals surface area contributed by atoms with Crippen molar-refractivity contribution in [2.24, 2.45) is 0 Å². The molecule has 0 saturated heterocycles. The number of nitrogens with zero attached hydrogens (tertiary/aromatic N) is 1. The lowest BCUT2D eigenvalue weighted by Crippen LogP contribution is -2.27. The minimum atomic E-state index is -3.18. The van der Waals surface area contributed by atoms with Gasteiger partial charge in [0.1, 0.15) is 0 Å². The van der Waals surface area contributed by atoms with Crippen LogP contribution in [0, 0.1) is 0 Å². The van der Waals surface area contributed by atoms with E-state index >= 15 is 0 Å². The number of anilines is 1. The second-order valence-electron chi connectivity index (χ2n) is 3.63. The molecule has 0 saturated carbocycles. The molecule has 0 bridgehead atoms. The normalized spacial score (nSPS) is 11.5. The lowest BCUT2D eigenvalue weighted by atomic mass is 10.3. The number of rotatable bonds is 6. The largest absolute Gasteiger partial charge is 0.369 e. The Labute approximate surface area is 112 Å². The van der Waals surface area contributed by atoms with Crippen LogP contribution < -0.4 is 4.90 Å². The van der Waals surface area contributed by atoms with Gasteiger partial charge in [-0.3, -0.25) is 0 Å². The SMILES string of the molecule is CS(=O)(=O)c1cccc(N(CCCl)CCCl)c1. The zero-order valence-corrected chi connectivity index (χ0v) is 11.9. The van der Waals surface area contributed by atoms with Crippen LogP contribution in [0.5, 0.6) is 0 Å². The molecule has 0 N–H and O–H groups in total. The van der Waals surface area contributed by atoms with E-state index in [1.807, 2.05) is 11.0 Å². The third-order valence-corrected chi connectivity index (χ3v) is 3.77. The highest BCUT2D eigenvalue weighted by atomic mass is 35.5. The van der Waals surface area contributed by atoms with E-state index in [0.29, 0.717) is 29.7 Å². The molecule has 0 aliphatic carbocycles. The van der Waals surface area contributed by atoms with Crippen LogP contribution in [0.2, 0.25) is 0 Å². The topological polar surface area (TPSA) is 37.4 Å². The third-order valence-electron chi connectivity index (χ3n) is 2.32. The van der Waals surface area contributed by atoms with Crippen molar-refractivity contribution in [1.29, 1.82) is 0 Å². The van der Waals surface area contributed by atoms with Crippen LogP contribution in [-0.4, -0.2) is 39.5 Å². The summed E-state index contributed by atoms with van der Waals surface area (Å²) in [4.78, 5) is 2.28. The van der Waals surface area contributed by atoms with E-state index in [-0.39, 0.29) is 0 Å². The summed E-state index contributed by atoms with van der Waals surface area (Å²) in [6, 6.07) is 6.81. The first kappa shape index (κ1) is 14.6. The van der Waals surface area contributed by atoms with E-state index < -0.39 is 9.84 Å². The van der Waals surface area contributed by atoms with Gasteiger partial charge in [-0.15, -0.1) is 23.2 Å². The Bertz CT molecular complexity index is 456. The first-order valence-corrected chi connectivity index (χ1v) is 8.12. The lowest BCUT2D eigenvalue weighted by Gasteiger charge is -2.23. The second kappa shape index (κ2) is 6.47. The van der Waals surface area contributed by atoms with Crippen molar-refractivity contribution in [2.75, 3.05) is 36.0 Å². The van der Waals surface area contributed by atoms with Crippen molar-refractivity contribution in [3.63, 3.8) is 0 Å². The van der Waals surface area contributed by atoms with Crippen LogP contribution in [-0.2, 0) is 9.84 Å². The van der Waals surface area contributed by atoms with Gasteiger partial charge >= 0.3 is 0 Å². The molecule has 1 aromatic carbocycles. The van der Waals surface area contributed by atoms with E-state index in [0.717, 1.165) is 5.69 Å². The molecule has 0 heterocycles. The van der Waals surface area contributed by atoms with Gasteiger partial charge in [-0.1, -0.05) is 6.07 Å². The van der Waals surface area contributed by atoms with Gasteiger partial charge in [-0.25, -0.2) is 8.42 Å². The third kappa shape index (κ3) is 4.37. The van der Waals surface area contributed by atoms with E-state index in [4.69, 9.17) is 23.2 Å². The van der Waals surface area contributed by atoms with Crippen molar-refractivity contribution in [2.45, 2.75) is 4.90 Å². The van der Waals surface area contributed by atoms with Crippen molar-refractivity contribution in [3.8, 4) is 0 Å². The maximum Gasteiger partial charge on any atom is 0.175 e. The predicted molar refractivity (Wildman–Crippen MR) is 73.2 cm³/mol. The monoisotopic (exact) mass is 295 g/mol. The fourth-order valence-electron chi connectivity index (χ4n) is 1.48. The van der Waals surface area contributed by atoms with Gasteiger partial charge in [-0.2, -0.15) is 0 Å². The summed E-state index contributed by atoms with van der Waals surface area (Å²) >= 11 is 11.4. The highest BCUT2D eigenvalue weighted by molar-refractivity contribution is 7.90. The van der Waals surface area contributed by atoms with Crippen LogP contribution in [0.25, 0.3) is 0 Å². The van der Waals surface area contributed by atoms with Gasteiger partial charge in [0.25, 0.3) is 0 Å². The molecule has 0 radical (unpaired) electrons. The van der Waals surface area contributed by atoms with Crippen molar-refractivity contribution < 1.29 is 8.42 Å².